The first-order valence-corrected chi connectivity index (χ1v) is 5.05. The molecule has 4 nitrogen and oxygen atoms in total. The Balaban J connectivity index is 2.43. The lowest BCUT2D eigenvalue weighted by molar-refractivity contribution is -0.121. The molecule has 1 heterocycles. The summed E-state index contributed by atoms with van der Waals surface area (Å²) in [7, 11) is 0. The van der Waals surface area contributed by atoms with Gasteiger partial charge in [-0.1, -0.05) is 13.0 Å². The van der Waals surface area contributed by atoms with Crippen molar-refractivity contribution >= 4 is 5.91 Å². The normalized spacial score (nSPS) is 14.5. The van der Waals surface area contributed by atoms with Crippen molar-refractivity contribution < 1.29 is 4.79 Å². The van der Waals surface area contributed by atoms with E-state index in [9.17, 15) is 4.79 Å². The van der Waals surface area contributed by atoms with Gasteiger partial charge in [0.25, 0.3) is 0 Å². The molecule has 1 amide bonds. The zero-order valence-corrected chi connectivity index (χ0v) is 9.10. The molecule has 2 atom stereocenters. The number of carbonyl (C=O) groups is 1. The third-order valence-electron chi connectivity index (χ3n) is 2.35. The maximum atomic E-state index is 10.8. The Morgan fingerprint density at radius 2 is 2.27 bits per heavy atom. The fraction of sp³-hybridized carbons (Fsp3) is 0.455. The summed E-state index contributed by atoms with van der Waals surface area (Å²) in [6.07, 6.45) is 1.75. The van der Waals surface area contributed by atoms with E-state index in [1.165, 1.54) is 0 Å². The minimum Gasteiger partial charge on any atom is -0.369 e. The summed E-state index contributed by atoms with van der Waals surface area (Å²) in [5, 5.41) is 3.22. The molecule has 2 unspecified atom stereocenters. The van der Waals surface area contributed by atoms with Crippen molar-refractivity contribution in [3.63, 3.8) is 0 Å². The number of nitrogens with one attached hydrogen (secondary N) is 1. The second-order valence-electron chi connectivity index (χ2n) is 3.69. The second-order valence-corrected chi connectivity index (χ2v) is 3.69. The van der Waals surface area contributed by atoms with E-state index < -0.39 is 0 Å². The van der Waals surface area contributed by atoms with E-state index in [1.807, 2.05) is 25.1 Å². The van der Waals surface area contributed by atoms with Crippen LogP contribution in [0.4, 0.5) is 0 Å². The lowest BCUT2D eigenvalue weighted by Gasteiger charge is -2.15. The van der Waals surface area contributed by atoms with Crippen LogP contribution in [0.5, 0.6) is 0 Å². The number of rotatable bonds is 5. The zero-order chi connectivity index (χ0) is 11.3. The maximum absolute atomic E-state index is 10.8. The second kappa shape index (κ2) is 5.46. The molecule has 0 fully saturated rings. The van der Waals surface area contributed by atoms with Gasteiger partial charge >= 0.3 is 0 Å². The summed E-state index contributed by atoms with van der Waals surface area (Å²) >= 11 is 0. The molecule has 0 aliphatic heterocycles. The minimum atomic E-state index is -0.282. The van der Waals surface area contributed by atoms with Crippen molar-refractivity contribution in [1.29, 1.82) is 0 Å². The number of pyridine rings is 1. The van der Waals surface area contributed by atoms with Gasteiger partial charge in [-0.3, -0.25) is 9.78 Å². The van der Waals surface area contributed by atoms with Crippen LogP contribution >= 0.6 is 0 Å². The summed E-state index contributed by atoms with van der Waals surface area (Å²) < 4.78 is 0. The maximum Gasteiger partial charge on any atom is 0.221 e. The highest BCUT2D eigenvalue weighted by atomic mass is 16.1. The topological polar surface area (TPSA) is 68.0 Å². The van der Waals surface area contributed by atoms with Gasteiger partial charge in [-0.15, -0.1) is 0 Å². The molecule has 0 bridgehead atoms. The predicted molar refractivity (Wildman–Crippen MR) is 59.0 cm³/mol. The van der Waals surface area contributed by atoms with Gasteiger partial charge in [-0.25, -0.2) is 0 Å². The standard InChI is InChI=1S/C11H17N3O/c1-8(11(12)15)7-14-9(2)10-5-3-4-6-13-10/h3-6,8-9,14H,7H2,1-2H3,(H2,12,15). The molecule has 1 aromatic rings. The average molecular weight is 207 g/mol. The fourth-order valence-electron chi connectivity index (χ4n) is 1.19. The molecule has 1 aromatic heterocycles. The zero-order valence-electron chi connectivity index (χ0n) is 9.10. The molecular weight excluding hydrogens is 190 g/mol. The highest BCUT2D eigenvalue weighted by Gasteiger charge is 2.11. The molecular formula is C11H17N3O. The van der Waals surface area contributed by atoms with E-state index in [4.69, 9.17) is 5.73 Å². The smallest absolute Gasteiger partial charge is 0.221 e. The monoisotopic (exact) mass is 207 g/mol. The van der Waals surface area contributed by atoms with Gasteiger partial charge in [0.05, 0.1) is 5.69 Å². The largest absolute Gasteiger partial charge is 0.369 e. The highest BCUT2D eigenvalue weighted by Crippen LogP contribution is 2.08. The lowest BCUT2D eigenvalue weighted by Crippen LogP contribution is -2.32. The van der Waals surface area contributed by atoms with E-state index >= 15 is 0 Å². The summed E-state index contributed by atoms with van der Waals surface area (Å²) in [6.45, 7) is 4.39. The van der Waals surface area contributed by atoms with E-state index in [1.54, 1.807) is 13.1 Å². The molecule has 0 aromatic carbocycles. The van der Waals surface area contributed by atoms with Gasteiger partial charge in [0.1, 0.15) is 0 Å². The predicted octanol–water partition coefficient (Wildman–Crippen LogP) is 0.854. The van der Waals surface area contributed by atoms with Crippen molar-refractivity contribution in [2.24, 2.45) is 11.7 Å². The van der Waals surface area contributed by atoms with Crippen molar-refractivity contribution in [3.8, 4) is 0 Å². The summed E-state index contributed by atoms with van der Waals surface area (Å²) in [5.41, 5.74) is 6.13. The number of nitrogens with two attached hydrogens (primary N) is 1. The third-order valence-corrected chi connectivity index (χ3v) is 2.35. The highest BCUT2D eigenvalue weighted by molar-refractivity contribution is 5.76. The van der Waals surface area contributed by atoms with Crippen molar-refractivity contribution in [3.05, 3.63) is 30.1 Å². The van der Waals surface area contributed by atoms with E-state index in [2.05, 4.69) is 10.3 Å². The van der Waals surface area contributed by atoms with Crippen molar-refractivity contribution in [2.45, 2.75) is 19.9 Å². The fourth-order valence-corrected chi connectivity index (χ4v) is 1.19. The number of hydrogen-bond acceptors (Lipinski definition) is 3. The van der Waals surface area contributed by atoms with Crippen LogP contribution in [0.25, 0.3) is 0 Å². The van der Waals surface area contributed by atoms with Crippen LogP contribution in [0.1, 0.15) is 25.6 Å². The quantitative estimate of drug-likeness (QED) is 0.752. The molecule has 15 heavy (non-hydrogen) atoms. The average Bonchev–Trinajstić information content (AvgIpc) is 2.26. The first kappa shape index (κ1) is 11.7. The Morgan fingerprint density at radius 1 is 1.53 bits per heavy atom. The number of amides is 1. The molecule has 0 saturated carbocycles. The molecule has 3 N–H and O–H groups in total. The Kier molecular flexibility index (Phi) is 4.24. The van der Waals surface area contributed by atoms with Crippen LogP contribution in [-0.2, 0) is 4.79 Å². The molecule has 4 heteroatoms. The number of hydrogen-bond donors (Lipinski definition) is 2. The minimum absolute atomic E-state index is 0.132. The molecule has 82 valence electrons. The molecule has 0 saturated heterocycles. The molecule has 0 aliphatic carbocycles. The third kappa shape index (κ3) is 3.67. The van der Waals surface area contributed by atoms with Gasteiger partial charge < -0.3 is 11.1 Å². The molecule has 0 radical (unpaired) electrons. The van der Waals surface area contributed by atoms with E-state index in [0.717, 1.165) is 5.69 Å². The van der Waals surface area contributed by atoms with Gasteiger partial charge in [-0.2, -0.15) is 0 Å². The Hall–Kier alpha value is -1.42. The number of primary amides is 1. The van der Waals surface area contributed by atoms with E-state index in [0.29, 0.717) is 6.54 Å². The van der Waals surface area contributed by atoms with E-state index in [-0.39, 0.29) is 17.9 Å². The van der Waals surface area contributed by atoms with Crippen LogP contribution in [0.15, 0.2) is 24.4 Å². The van der Waals surface area contributed by atoms with Crippen LogP contribution in [0, 0.1) is 5.92 Å². The number of carbonyl (C=O) groups excluding carboxylic acids is 1. The van der Waals surface area contributed by atoms with Crippen LogP contribution in [0.2, 0.25) is 0 Å². The van der Waals surface area contributed by atoms with Crippen LogP contribution in [0.3, 0.4) is 0 Å². The summed E-state index contributed by atoms with van der Waals surface area (Å²) in [5.74, 6) is -0.438. The molecule has 0 spiro atoms. The summed E-state index contributed by atoms with van der Waals surface area (Å²) in [4.78, 5) is 15.0. The van der Waals surface area contributed by atoms with Crippen molar-refractivity contribution in [1.82, 2.24) is 10.3 Å². The number of aromatic nitrogens is 1. The van der Waals surface area contributed by atoms with Gasteiger partial charge in [0.15, 0.2) is 0 Å². The van der Waals surface area contributed by atoms with Crippen LogP contribution in [-0.4, -0.2) is 17.4 Å². The van der Waals surface area contributed by atoms with Crippen LogP contribution < -0.4 is 11.1 Å². The SMILES string of the molecule is CC(CNC(C)c1ccccn1)C(N)=O. The molecule has 0 aliphatic rings. The first-order valence-electron chi connectivity index (χ1n) is 5.05. The van der Waals surface area contributed by atoms with Crippen molar-refractivity contribution in [2.75, 3.05) is 6.54 Å². The number of nitrogens with zero attached hydrogens (tertiary/aromatic N) is 1. The lowest BCUT2D eigenvalue weighted by atomic mass is 10.1. The van der Waals surface area contributed by atoms with Gasteiger partial charge in [-0.05, 0) is 19.1 Å². The van der Waals surface area contributed by atoms with Gasteiger partial charge in [0, 0.05) is 24.7 Å². The Bertz CT molecular complexity index is 313. The Labute approximate surface area is 89.9 Å². The van der Waals surface area contributed by atoms with Gasteiger partial charge in [0.2, 0.25) is 5.91 Å². The molecule has 1 rings (SSSR count). The first-order chi connectivity index (χ1) is 7.11. The summed E-state index contributed by atoms with van der Waals surface area (Å²) in [6, 6.07) is 5.90. The Morgan fingerprint density at radius 3 is 2.80 bits per heavy atom.